The van der Waals surface area contributed by atoms with Crippen LogP contribution in [-0.2, 0) is 9.53 Å². The van der Waals surface area contributed by atoms with Crippen molar-refractivity contribution >= 4 is 5.78 Å². The molecule has 2 atom stereocenters. The van der Waals surface area contributed by atoms with Crippen LogP contribution in [0.2, 0.25) is 0 Å². The molecule has 1 fully saturated rings. The molecule has 0 amide bonds. The summed E-state index contributed by atoms with van der Waals surface area (Å²) in [5.74, 6) is 0.743. The zero-order valence-corrected chi connectivity index (χ0v) is 7.59. The Morgan fingerprint density at radius 1 is 1.67 bits per heavy atom. The summed E-state index contributed by atoms with van der Waals surface area (Å²) < 4.78 is 5.42. The fourth-order valence-corrected chi connectivity index (χ4v) is 2.37. The summed E-state index contributed by atoms with van der Waals surface area (Å²) in [6.07, 6.45) is 2.44. The summed E-state index contributed by atoms with van der Waals surface area (Å²) in [5.41, 5.74) is 1.29. The lowest BCUT2D eigenvalue weighted by Gasteiger charge is -2.32. The maximum atomic E-state index is 11.3. The van der Waals surface area contributed by atoms with E-state index in [4.69, 9.17) is 4.74 Å². The Morgan fingerprint density at radius 2 is 2.42 bits per heavy atom. The first kappa shape index (κ1) is 7.99. The minimum Gasteiger partial charge on any atom is -0.380 e. The molecule has 0 spiro atoms. The predicted octanol–water partition coefficient (Wildman–Crippen LogP) is 1.56. The molecule has 2 heteroatoms. The number of allylic oxidation sites excluding steroid dienone is 1. The van der Waals surface area contributed by atoms with E-state index in [2.05, 4.69) is 6.92 Å². The Bertz CT molecular complexity index is 255. The smallest absolute Gasteiger partial charge is 0.156 e. The van der Waals surface area contributed by atoms with Crippen molar-refractivity contribution in [1.82, 2.24) is 0 Å². The van der Waals surface area contributed by atoms with Crippen molar-refractivity contribution in [3.63, 3.8) is 0 Å². The van der Waals surface area contributed by atoms with Gasteiger partial charge in [0.25, 0.3) is 0 Å². The Balaban J connectivity index is 2.36. The molecule has 2 rings (SSSR count). The Labute approximate surface area is 72.6 Å². The molecular formula is C10H14O2. The average Bonchev–Trinajstić information content (AvgIpc) is 2.29. The first-order chi connectivity index (χ1) is 5.62. The van der Waals surface area contributed by atoms with Crippen molar-refractivity contribution in [1.29, 1.82) is 0 Å². The van der Waals surface area contributed by atoms with Crippen LogP contribution < -0.4 is 0 Å². The number of rotatable bonds is 0. The molecule has 0 bridgehead atoms. The third kappa shape index (κ3) is 1.02. The van der Waals surface area contributed by atoms with Crippen molar-refractivity contribution < 1.29 is 9.53 Å². The molecule has 0 saturated carbocycles. The lowest BCUT2D eigenvalue weighted by atomic mass is 9.69. The summed E-state index contributed by atoms with van der Waals surface area (Å²) in [4.78, 5) is 11.3. The van der Waals surface area contributed by atoms with Crippen LogP contribution in [0.4, 0.5) is 0 Å². The van der Waals surface area contributed by atoms with E-state index in [9.17, 15) is 4.79 Å². The largest absolute Gasteiger partial charge is 0.380 e. The van der Waals surface area contributed by atoms with Gasteiger partial charge in [0.2, 0.25) is 0 Å². The highest BCUT2D eigenvalue weighted by Crippen LogP contribution is 2.44. The molecule has 66 valence electrons. The summed E-state index contributed by atoms with van der Waals surface area (Å²) in [6.45, 7) is 5.73. The van der Waals surface area contributed by atoms with Gasteiger partial charge in [0.1, 0.15) is 0 Å². The van der Waals surface area contributed by atoms with E-state index in [-0.39, 0.29) is 11.2 Å². The number of hydrogen-bond acceptors (Lipinski definition) is 2. The minimum absolute atomic E-state index is 0.0932. The van der Waals surface area contributed by atoms with E-state index in [1.807, 2.05) is 6.92 Å². The summed E-state index contributed by atoms with van der Waals surface area (Å²) in [6, 6.07) is 0. The number of ether oxygens (including phenoxy) is 1. The minimum atomic E-state index is 0.0932. The van der Waals surface area contributed by atoms with Gasteiger partial charge in [-0.15, -0.1) is 0 Å². The van der Waals surface area contributed by atoms with Crippen LogP contribution in [0.3, 0.4) is 0 Å². The highest BCUT2D eigenvalue weighted by atomic mass is 16.5. The van der Waals surface area contributed by atoms with Crippen LogP contribution in [0.25, 0.3) is 0 Å². The summed E-state index contributed by atoms with van der Waals surface area (Å²) in [7, 11) is 0. The summed E-state index contributed by atoms with van der Waals surface area (Å²) >= 11 is 0. The zero-order chi connectivity index (χ0) is 8.77. The fourth-order valence-electron chi connectivity index (χ4n) is 2.37. The van der Waals surface area contributed by atoms with E-state index in [1.165, 1.54) is 5.57 Å². The Hall–Kier alpha value is -0.630. The van der Waals surface area contributed by atoms with Crippen LogP contribution in [0.5, 0.6) is 0 Å². The van der Waals surface area contributed by atoms with Crippen LogP contribution in [0, 0.1) is 11.3 Å². The quantitative estimate of drug-likeness (QED) is 0.546. The van der Waals surface area contributed by atoms with Gasteiger partial charge in [-0.25, -0.2) is 0 Å². The highest BCUT2D eigenvalue weighted by molar-refractivity contribution is 5.92. The Morgan fingerprint density at radius 3 is 3.17 bits per heavy atom. The van der Waals surface area contributed by atoms with Gasteiger partial charge in [-0.2, -0.15) is 0 Å². The van der Waals surface area contributed by atoms with Gasteiger partial charge < -0.3 is 4.74 Å². The molecule has 0 N–H and O–H groups in total. The van der Waals surface area contributed by atoms with Crippen molar-refractivity contribution in [2.24, 2.45) is 11.3 Å². The van der Waals surface area contributed by atoms with Crippen molar-refractivity contribution in [3.05, 3.63) is 11.6 Å². The molecule has 0 radical (unpaired) electrons. The van der Waals surface area contributed by atoms with Gasteiger partial charge in [0.15, 0.2) is 5.78 Å². The predicted molar refractivity (Wildman–Crippen MR) is 45.8 cm³/mol. The lowest BCUT2D eigenvalue weighted by molar-refractivity contribution is -0.117. The first-order valence-corrected chi connectivity index (χ1v) is 4.41. The van der Waals surface area contributed by atoms with Gasteiger partial charge in [-0.05, 0) is 13.0 Å². The van der Waals surface area contributed by atoms with Gasteiger partial charge in [-0.1, -0.05) is 12.5 Å². The fraction of sp³-hybridized carbons (Fsp3) is 0.700. The Kier molecular flexibility index (Phi) is 1.62. The van der Waals surface area contributed by atoms with E-state index in [0.717, 1.165) is 13.2 Å². The number of carbonyl (C=O) groups is 1. The van der Waals surface area contributed by atoms with Gasteiger partial charge in [-0.3, -0.25) is 4.79 Å². The molecule has 0 aromatic heterocycles. The van der Waals surface area contributed by atoms with Crippen LogP contribution >= 0.6 is 0 Å². The van der Waals surface area contributed by atoms with E-state index < -0.39 is 0 Å². The second-order valence-corrected chi connectivity index (χ2v) is 4.25. The molecule has 1 heterocycles. The SMILES string of the molecule is CC1=CC(=O)C[C@]2(C)COC[C@H]12. The number of fused-ring (bicyclic) bond motifs is 1. The number of carbonyl (C=O) groups excluding carboxylic acids is 1. The van der Waals surface area contributed by atoms with Gasteiger partial charge in [0.05, 0.1) is 13.2 Å². The van der Waals surface area contributed by atoms with E-state index in [1.54, 1.807) is 6.08 Å². The normalized spacial score (nSPS) is 41.0. The number of hydrogen-bond donors (Lipinski definition) is 0. The summed E-state index contributed by atoms with van der Waals surface area (Å²) in [5, 5.41) is 0. The molecule has 0 aromatic carbocycles. The van der Waals surface area contributed by atoms with Gasteiger partial charge in [0, 0.05) is 17.8 Å². The molecule has 2 nitrogen and oxygen atoms in total. The molecule has 2 aliphatic rings. The molecule has 1 saturated heterocycles. The zero-order valence-electron chi connectivity index (χ0n) is 7.59. The molecule has 0 unspecified atom stereocenters. The highest BCUT2D eigenvalue weighted by Gasteiger charge is 2.44. The molecule has 12 heavy (non-hydrogen) atoms. The first-order valence-electron chi connectivity index (χ1n) is 4.41. The van der Waals surface area contributed by atoms with Crippen molar-refractivity contribution in [3.8, 4) is 0 Å². The third-order valence-electron chi connectivity index (χ3n) is 3.07. The maximum Gasteiger partial charge on any atom is 0.156 e. The third-order valence-corrected chi connectivity index (χ3v) is 3.07. The van der Waals surface area contributed by atoms with Gasteiger partial charge >= 0.3 is 0 Å². The van der Waals surface area contributed by atoms with Crippen LogP contribution in [0.15, 0.2) is 11.6 Å². The molecule has 0 aromatic rings. The van der Waals surface area contributed by atoms with Crippen molar-refractivity contribution in [2.75, 3.05) is 13.2 Å². The van der Waals surface area contributed by atoms with E-state index >= 15 is 0 Å². The molecule has 1 aliphatic carbocycles. The molecule has 1 aliphatic heterocycles. The average molecular weight is 166 g/mol. The van der Waals surface area contributed by atoms with E-state index in [0.29, 0.717) is 12.3 Å². The van der Waals surface area contributed by atoms with Crippen LogP contribution in [-0.4, -0.2) is 19.0 Å². The molecular weight excluding hydrogens is 152 g/mol. The monoisotopic (exact) mass is 166 g/mol. The topological polar surface area (TPSA) is 26.3 Å². The van der Waals surface area contributed by atoms with Crippen LogP contribution in [0.1, 0.15) is 20.3 Å². The second-order valence-electron chi connectivity index (χ2n) is 4.25. The lowest BCUT2D eigenvalue weighted by Crippen LogP contribution is -2.33. The van der Waals surface area contributed by atoms with Crippen molar-refractivity contribution in [2.45, 2.75) is 20.3 Å². The maximum absolute atomic E-state index is 11.3. The standard InChI is InChI=1S/C10H14O2/c1-7-3-8(11)4-10(2)6-12-5-9(7)10/h3,9H,4-6H2,1-2H3/t9-,10-/m1/s1. The second kappa shape index (κ2) is 2.43. The number of ketones is 1.